The van der Waals surface area contributed by atoms with Crippen molar-refractivity contribution >= 4 is 11.9 Å². The molecule has 1 amide bonds. The van der Waals surface area contributed by atoms with Gasteiger partial charge in [-0.15, -0.1) is 0 Å². The molecule has 2 aliphatic rings. The lowest BCUT2D eigenvalue weighted by molar-refractivity contribution is -0.145. The Bertz CT molecular complexity index is 643. The number of carboxylic acid groups (broad SMARTS) is 1. The zero-order valence-corrected chi connectivity index (χ0v) is 12.0. The normalized spacial score (nSPS) is 22.4. The Morgan fingerprint density at radius 3 is 2.68 bits per heavy atom. The first-order valence-corrected chi connectivity index (χ1v) is 6.63. The quantitative estimate of drug-likeness (QED) is 0.773. The van der Waals surface area contributed by atoms with Crippen LogP contribution in [0.15, 0.2) is 6.07 Å². The van der Waals surface area contributed by atoms with E-state index in [0.717, 1.165) is 0 Å². The number of fused-ring (bicyclic) bond motifs is 1. The fourth-order valence-corrected chi connectivity index (χ4v) is 2.87. The molecule has 8 nitrogen and oxygen atoms in total. The van der Waals surface area contributed by atoms with Gasteiger partial charge in [0.25, 0.3) is 0 Å². The van der Waals surface area contributed by atoms with Gasteiger partial charge in [0.15, 0.2) is 11.5 Å². The van der Waals surface area contributed by atoms with Crippen molar-refractivity contribution < 1.29 is 33.6 Å². The summed E-state index contributed by atoms with van der Waals surface area (Å²) in [6.07, 6.45) is 0. The molecular weight excluding hydrogens is 294 g/mol. The molecule has 118 valence electrons. The number of rotatable bonds is 4. The molecule has 2 heterocycles. The summed E-state index contributed by atoms with van der Waals surface area (Å²) in [5.41, 5.74) is 0.536. The number of hydrogen-bond acceptors (Lipinski definition) is 6. The van der Waals surface area contributed by atoms with E-state index in [1.165, 1.54) is 14.2 Å². The molecular formula is C14H15NO7. The van der Waals surface area contributed by atoms with Crippen molar-refractivity contribution in [3.05, 3.63) is 11.6 Å². The van der Waals surface area contributed by atoms with Crippen LogP contribution < -0.4 is 24.3 Å². The second-order valence-electron chi connectivity index (χ2n) is 4.93. The fourth-order valence-electron chi connectivity index (χ4n) is 2.87. The molecule has 2 N–H and O–H groups in total. The lowest BCUT2D eigenvalue weighted by atomic mass is 9.87. The van der Waals surface area contributed by atoms with Crippen molar-refractivity contribution in [3.8, 4) is 23.0 Å². The van der Waals surface area contributed by atoms with Gasteiger partial charge in [0.05, 0.1) is 14.2 Å². The maximum absolute atomic E-state index is 11.8. The van der Waals surface area contributed by atoms with Crippen LogP contribution in [0.25, 0.3) is 0 Å². The van der Waals surface area contributed by atoms with E-state index in [9.17, 15) is 14.7 Å². The number of benzene rings is 1. The summed E-state index contributed by atoms with van der Waals surface area (Å²) in [5.74, 6) is -1.92. The average Bonchev–Trinajstić information content (AvgIpc) is 3.11. The zero-order valence-electron chi connectivity index (χ0n) is 12.0. The van der Waals surface area contributed by atoms with Crippen LogP contribution in [0, 0.1) is 5.92 Å². The molecule has 0 spiro atoms. The summed E-state index contributed by atoms with van der Waals surface area (Å²) < 4.78 is 21.4. The van der Waals surface area contributed by atoms with E-state index < -0.39 is 23.7 Å². The van der Waals surface area contributed by atoms with Crippen LogP contribution in [0.3, 0.4) is 0 Å². The summed E-state index contributed by atoms with van der Waals surface area (Å²) in [4.78, 5) is 23.2. The zero-order chi connectivity index (χ0) is 15.9. The smallest absolute Gasteiger partial charge is 0.316 e. The Hall–Kier alpha value is -2.64. The van der Waals surface area contributed by atoms with Crippen molar-refractivity contribution in [2.45, 2.75) is 5.92 Å². The predicted octanol–water partition coefficient (Wildman–Crippen LogP) is 0.347. The van der Waals surface area contributed by atoms with Gasteiger partial charge in [0, 0.05) is 18.0 Å². The van der Waals surface area contributed by atoms with Crippen LogP contribution in [-0.2, 0) is 9.59 Å². The second kappa shape index (κ2) is 5.28. The van der Waals surface area contributed by atoms with Gasteiger partial charge in [0.2, 0.25) is 24.2 Å². The topological polar surface area (TPSA) is 103 Å². The summed E-state index contributed by atoms with van der Waals surface area (Å²) >= 11 is 0. The number of amides is 1. The highest BCUT2D eigenvalue weighted by molar-refractivity contribution is 6.00. The molecule has 0 aliphatic carbocycles. The minimum absolute atomic E-state index is 0.0235. The molecule has 1 saturated heterocycles. The molecule has 0 aromatic heterocycles. The molecule has 8 heteroatoms. The molecule has 0 unspecified atom stereocenters. The highest BCUT2D eigenvalue weighted by atomic mass is 16.7. The number of carboxylic acids is 1. The average molecular weight is 309 g/mol. The number of hydrogen-bond donors (Lipinski definition) is 2. The molecule has 0 radical (unpaired) electrons. The lowest BCUT2D eigenvalue weighted by Crippen LogP contribution is -2.26. The third kappa shape index (κ3) is 1.99. The summed E-state index contributed by atoms with van der Waals surface area (Å²) in [7, 11) is 2.92. The minimum atomic E-state index is -1.18. The third-order valence-corrected chi connectivity index (χ3v) is 3.86. The maximum Gasteiger partial charge on any atom is 0.316 e. The number of ether oxygens (including phenoxy) is 4. The van der Waals surface area contributed by atoms with Gasteiger partial charge in [-0.05, 0) is 6.07 Å². The molecule has 1 aromatic carbocycles. The lowest BCUT2D eigenvalue weighted by Gasteiger charge is -2.19. The minimum Gasteiger partial charge on any atom is -0.493 e. The van der Waals surface area contributed by atoms with Gasteiger partial charge in [-0.25, -0.2) is 0 Å². The van der Waals surface area contributed by atoms with E-state index in [2.05, 4.69) is 5.32 Å². The number of nitrogens with one attached hydrogen (secondary N) is 1. The van der Waals surface area contributed by atoms with Crippen LogP contribution in [-0.4, -0.2) is 44.5 Å². The van der Waals surface area contributed by atoms with Crippen molar-refractivity contribution in [2.75, 3.05) is 27.6 Å². The number of carbonyl (C=O) groups is 2. The largest absolute Gasteiger partial charge is 0.493 e. The number of carbonyl (C=O) groups excluding carboxylic acids is 1. The van der Waals surface area contributed by atoms with E-state index in [4.69, 9.17) is 18.9 Å². The highest BCUT2D eigenvalue weighted by Crippen LogP contribution is 2.52. The van der Waals surface area contributed by atoms with Gasteiger partial charge in [0.1, 0.15) is 5.92 Å². The monoisotopic (exact) mass is 309 g/mol. The van der Waals surface area contributed by atoms with Gasteiger partial charge in [-0.2, -0.15) is 0 Å². The molecule has 0 bridgehead atoms. The van der Waals surface area contributed by atoms with Crippen LogP contribution in [0.4, 0.5) is 0 Å². The molecule has 2 aliphatic heterocycles. The molecule has 0 saturated carbocycles. The van der Waals surface area contributed by atoms with Crippen molar-refractivity contribution in [2.24, 2.45) is 5.92 Å². The SMILES string of the molecule is COc1cc([C@@H]2CNC(=O)[C@H]2C(=O)O)c(OC)c2c1OCO2. The Morgan fingerprint density at radius 1 is 1.32 bits per heavy atom. The molecule has 1 fully saturated rings. The van der Waals surface area contributed by atoms with E-state index in [0.29, 0.717) is 28.6 Å². The Kier molecular flexibility index (Phi) is 3.44. The second-order valence-corrected chi connectivity index (χ2v) is 4.93. The number of methoxy groups -OCH3 is 2. The van der Waals surface area contributed by atoms with Crippen LogP contribution in [0.5, 0.6) is 23.0 Å². The van der Waals surface area contributed by atoms with E-state index >= 15 is 0 Å². The first kappa shape index (κ1) is 14.3. The summed E-state index contributed by atoms with van der Waals surface area (Å²) in [6.45, 7) is 0.227. The van der Waals surface area contributed by atoms with Crippen molar-refractivity contribution in [3.63, 3.8) is 0 Å². The third-order valence-electron chi connectivity index (χ3n) is 3.86. The molecule has 2 atom stereocenters. The van der Waals surface area contributed by atoms with Crippen molar-refractivity contribution in [1.82, 2.24) is 5.32 Å². The predicted molar refractivity (Wildman–Crippen MR) is 72.5 cm³/mol. The fraction of sp³-hybridized carbons (Fsp3) is 0.429. The number of aliphatic carboxylic acids is 1. The standard InChI is InChI=1S/C14H15NO7/c1-19-8-3-6(7-4-15-13(16)9(7)14(17)18)10(20-2)12-11(8)21-5-22-12/h3,7,9H,4-5H2,1-2H3,(H,15,16)(H,17,18)/t7-,9-/m0/s1. The summed E-state index contributed by atoms with van der Waals surface area (Å²) in [6, 6.07) is 1.63. The highest BCUT2D eigenvalue weighted by Gasteiger charge is 2.44. The van der Waals surface area contributed by atoms with Gasteiger partial charge in [-0.1, -0.05) is 0 Å². The van der Waals surface area contributed by atoms with E-state index in [1.54, 1.807) is 6.07 Å². The van der Waals surface area contributed by atoms with Gasteiger partial charge >= 0.3 is 5.97 Å². The van der Waals surface area contributed by atoms with Crippen LogP contribution in [0.2, 0.25) is 0 Å². The Balaban J connectivity index is 2.14. The molecule has 22 heavy (non-hydrogen) atoms. The first-order chi connectivity index (χ1) is 10.6. The summed E-state index contributed by atoms with van der Waals surface area (Å²) in [5, 5.41) is 11.9. The van der Waals surface area contributed by atoms with E-state index in [-0.39, 0.29) is 13.3 Å². The van der Waals surface area contributed by atoms with E-state index in [1.807, 2.05) is 0 Å². The molecule has 1 aromatic rings. The van der Waals surface area contributed by atoms with Crippen LogP contribution in [0.1, 0.15) is 11.5 Å². The maximum atomic E-state index is 11.8. The Labute approximate surface area is 125 Å². The van der Waals surface area contributed by atoms with Crippen molar-refractivity contribution in [1.29, 1.82) is 0 Å². The Morgan fingerprint density at radius 2 is 2.05 bits per heavy atom. The first-order valence-electron chi connectivity index (χ1n) is 6.63. The molecule has 3 rings (SSSR count). The van der Waals surface area contributed by atoms with Gasteiger partial charge < -0.3 is 29.4 Å². The van der Waals surface area contributed by atoms with Crippen LogP contribution >= 0.6 is 0 Å². The van der Waals surface area contributed by atoms with Gasteiger partial charge in [-0.3, -0.25) is 9.59 Å².